The van der Waals surface area contributed by atoms with E-state index in [4.69, 9.17) is 0 Å². The zero-order chi connectivity index (χ0) is 14.4. The first-order valence-corrected chi connectivity index (χ1v) is 7.50. The van der Waals surface area contributed by atoms with Crippen molar-refractivity contribution in [3.05, 3.63) is 22.4 Å². The van der Waals surface area contributed by atoms with Crippen LogP contribution in [0.25, 0.3) is 0 Å². The first-order chi connectivity index (χ1) is 9.69. The number of aromatic nitrogens is 3. The van der Waals surface area contributed by atoms with Gasteiger partial charge in [-0.25, -0.2) is 0 Å². The van der Waals surface area contributed by atoms with E-state index in [0.717, 1.165) is 19.5 Å². The molecule has 6 nitrogen and oxygen atoms in total. The van der Waals surface area contributed by atoms with Crippen molar-refractivity contribution < 1.29 is 0 Å². The lowest BCUT2D eigenvalue weighted by atomic mass is 10.5. The van der Waals surface area contributed by atoms with Crippen LogP contribution in [0.5, 0.6) is 0 Å². The van der Waals surface area contributed by atoms with Gasteiger partial charge in [0.1, 0.15) is 0 Å². The van der Waals surface area contributed by atoms with Crippen LogP contribution >= 0.6 is 11.3 Å². The third-order valence-electron chi connectivity index (χ3n) is 2.56. The summed E-state index contributed by atoms with van der Waals surface area (Å²) in [6.07, 6.45) is 1.03. The van der Waals surface area contributed by atoms with Crippen LogP contribution in [-0.2, 0) is 6.54 Å². The molecule has 0 aliphatic rings. The Morgan fingerprint density at radius 2 is 1.90 bits per heavy atom. The Bertz CT molecular complexity index is 526. The van der Waals surface area contributed by atoms with E-state index in [-0.39, 0.29) is 0 Å². The number of nitrogens with one attached hydrogen (secondary N) is 2. The third-order valence-corrected chi connectivity index (χ3v) is 3.43. The lowest BCUT2D eigenvalue weighted by molar-refractivity contribution is 0.911. The fourth-order valence-electron chi connectivity index (χ4n) is 1.54. The van der Waals surface area contributed by atoms with Crippen LogP contribution in [0.1, 0.15) is 18.2 Å². The minimum atomic E-state index is 0.593. The van der Waals surface area contributed by atoms with Crippen molar-refractivity contribution >= 4 is 29.2 Å². The topological polar surface area (TPSA) is 66.0 Å². The van der Waals surface area contributed by atoms with Crippen LogP contribution in [0.3, 0.4) is 0 Å². The number of hydrogen-bond donors (Lipinski definition) is 2. The van der Waals surface area contributed by atoms with E-state index in [1.807, 2.05) is 25.1 Å². The molecule has 0 unspecified atom stereocenters. The Kier molecular flexibility index (Phi) is 5.11. The van der Waals surface area contributed by atoms with E-state index < -0.39 is 0 Å². The van der Waals surface area contributed by atoms with Gasteiger partial charge in [-0.15, -0.1) is 11.3 Å². The van der Waals surface area contributed by atoms with E-state index >= 15 is 0 Å². The minimum absolute atomic E-state index is 0.593. The Morgan fingerprint density at radius 1 is 1.15 bits per heavy atom. The fourth-order valence-corrected chi connectivity index (χ4v) is 2.18. The van der Waals surface area contributed by atoms with Gasteiger partial charge in [0, 0.05) is 25.5 Å². The van der Waals surface area contributed by atoms with Crippen molar-refractivity contribution in [3.8, 4) is 0 Å². The molecule has 2 rings (SSSR count). The largest absolute Gasteiger partial charge is 0.354 e. The number of thiophene rings is 1. The van der Waals surface area contributed by atoms with E-state index in [1.165, 1.54) is 4.88 Å². The van der Waals surface area contributed by atoms with E-state index in [1.54, 1.807) is 11.3 Å². The van der Waals surface area contributed by atoms with Gasteiger partial charge in [-0.3, -0.25) is 0 Å². The predicted molar refractivity (Wildman–Crippen MR) is 84.6 cm³/mol. The minimum Gasteiger partial charge on any atom is -0.354 e. The SMILES string of the molecule is CCCNc1nc(NCc2cccs2)nc(N(C)C)n1. The molecule has 0 aliphatic carbocycles. The van der Waals surface area contributed by atoms with E-state index in [9.17, 15) is 0 Å². The van der Waals surface area contributed by atoms with Gasteiger partial charge >= 0.3 is 0 Å². The summed E-state index contributed by atoms with van der Waals surface area (Å²) in [5, 5.41) is 8.50. The average molecular weight is 292 g/mol. The van der Waals surface area contributed by atoms with Crippen LogP contribution in [0.15, 0.2) is 17.5 Å². The smallest absolute Gasteiger partial charge is 0.231 e. The average Bonchev–Trinajstić information content (AvgIpc) is 2.96. The maximum Gasteiger partial charge on any atom is 0.231 e. The standard InChI is InChI=1S/C13H20N6S/c1-4-7-14-11-16-12(18-13(17-11)19(2)3)15-9-10-6-5-8-20-10/h5-6,8H,4,7,9H2,1-3H3,(H2,14,15,16,17,18). The van der Waals surface area contributed by atoms with Crippen molar-refractivity contribution in [2.75, 3.05) is 36.2 Å². The van der Waals surface area contributed by atoms with Crippen molar-refractivity contribution in [1.82, 2.24) is 15.0 Å². The molecule has 7 heteroatoms. The molecule has 0 saturated heterocycles. The molecule has 108 valence electrons. The zero-order valence-electron chi connectivity index (χ0n) is 12.1. The van der Waals surface area contributed by atoms with Gasteiger partial charge in [-0.1, -0.05) is 13.0 Å². The molecule has 2 N–H and O–H groups in total. The predicted octanol–water partition coefficient (Wildman–Crippen LogP) is 2.43. The molecule has 2 heterocycles. The second kappa shape index (κ2) is 7.04. The summed E-state index contributed by atoms with van der Waals surface area (Å²) in [4.78, 5) is 16.3. The molecule has 0 amide bonds. The van der Waals surface area contributed by atoms with Crippen molar-refractivity contribution in [3.63, 3.8) is 0 Å². The first kappa shape index (κ1) is 14.5. The van der Waals surface area contributed by atoms with Gasteiger partial charge in [0.05, 0.1) is 6.54 Å². The number of rotatable bonds is 7. The Labute approximate surface area is 123 Å². The van der Waals surface area contributed by atoms with Gasteiger partial charge in [-0.05, 0) is 17.9 Å². The van der Waals surface area contributed by atoms with Crippen molar-refractivity contribution in [2.24, 2.45) is 0 Å². The highest BCUT2D eigenvalue weighted by Crippen LogP contribution is 2.14. The summed E-state index contributed by atoms with van der Waals surface area (Å²) in [5.74, 6) is 1.85. The van der Waals surface area contributed by atoms with Crippen molar-refractivity contribution in [1.29, 1.82) is 0 Å². The number of anilines is 3. The Hall–Kier alpha value is -1.89. The summed E-state index contributed by atoms with van der Waals surface area (Å²) >= 11 is 1.71. The molecule has 0 bridgehead atoms. The maximum absolute atomic E-state index is 4.40. The van der Waals surface area contributed by atoms with E-state index in [0.29, 0.717) is 17.8 Å². The first-order valence-electron chi connectivity index (χ1n) is 6.62. The number of nitrogens with zero attached hydrogens (tertiary/aromatic N) is 4. The molecular weight excluding hydrogens is 272 g/mol. The monoisotopic (exact) mass is 292 g/mol. The lowest BCUT2D eigenvalue weighted by Gasteiger charge is -2.13. The molecule has 0 atom stereocenters. The Balaban J connectivity index is 2.11. The highest BCUT2D eigenvalue weighted by molar-refractivity contribution is 7.09. The van der Waals surface area contributed by atoms with Gasteiger partial charge in [0.15, 0.2) is 0 Å². The summed E-state index contributed by atoms with van der Waals surface area (Å²) in [5.41, 5.74) is 0. The van der Waals surface area contributed by atoms with Gasteiger partial charge in [0.25, 0.3) is 0 Å². The van der Waals surface area contributed by atoms with Crippen LogP contribution in [0, 0.1) is 0 Å². The summed E-state index contributed by atoms with van der Waals surface area (Å²) < 4.78 is 0. The van der Waals surface area contributed by atoms with Crippen molar-refractivity contribution in [2.45, 2.75) is 19.9 Å². The summed E-state index contributed by atoms with van der Waals surface area (Å²) in [6.45, 7) is 3.68. The van der Waals surface area contributed by atoms with Crippen LogP contribution < -0.4 is 15.5 Å². The highest BCUT2D eigenvalue weighted by atomic mass is 32.1. The lowest BCUT2D eigenvalue weighted by Crippen LogP contribution is -2.17. The molecule has 20 heavy (non-hydrogen) atoms. The number of hydrogen-bond acceptors (Lipinski definition) is 7. The normalized spacial score (nSPS) is 10.3. The molecule has 0 saturated carbocycles. The quantitative estimate of drug-likeness (QED) is 0.817. The highest BCUT2D eigenvalue weighted by Gasteiger charge is 2.07. The van der Waals surface area contributed by atoms with Crippen LogP contribution in [-0.4, -0.2) is 35.6 Å². The summed E-state index contributed by atoms with van der Waals surface area (Å²) in [6, 6.07) is 4.12. The molecule has 0 spiro atoms. The molecule has 2 aromatic heterocycles. The Morgan fingerprint density at radius 3 is 2.50 bits per heavy atom. The summed E-state index contributed by atoms with van der Waals surface area (Å²) in [7, 11) is 3.84. The molecule has 0 aromatic carbocycles. The maximum atomic E-state index is 4.40. The fraction of sp³-hybridized carbons (Fsp3) is 0.462. The third kappa shape index (κ3) is 4.06. The van der Waals surface area contributed by atoms with Crippen LogP contribution in [0.2, 0.25) is 0 Å². The second-order valence-electron chi connectivity index (χ2n) is 4.54. The van der Waals surface area contributed by atoms with E-state index in [2.05, 4.69) is 44.0 Å². The molecule has 0 fully saturated rings. The second-order valence-corrected chi connectivity index (χ2v) is 5.57. The molecular formula is C13H20N6S. The van der Waals surface area contributed by atoms with Gasteiger partial charge < -0.3 is 15.5 Å². The van der Waals surface area contributed by atoms with Gasteiger partial charge in [-0.2, -0.15) is 15.0 Å². The molecule has 0 radical (unpaired) electrons. The molecule has 0 aliphatic heterocycles. The van der Waals surface area contributed by atoms with Gasteiger partial charge in [0.2, 0.25) is 17.8 Å². The van der Waals surface area contributed by atoms with Crippen LogP contribution in [0.4, 0.5) is 17.8 Å². The zero-order valence-corrected chi connectivity index (χ0v) is 12.9. The molecule has 2 aromatic rings.